The van der Waals surface area contributed by atoms with Gasteiger partial charge in [-0.2, -0.15) is 0 Å². The molecule has 136 valence electrons. The molecule has 0 radical (unpaired) electrons. The predicted octanol–water partition coefficient (Wildman–Crippen LogP) is 3.23. The quantitative estimate of drug-likeness (QED) is 0.383. The first kappa shape index (κ1) is 21.1. The highest BCUT2D eigenvalue weighted by Crippen LogP contribution is 2.17. The van der Waals surface area contributed by atoms with Crippen LogP contribution in [0.1, 0.15) is 11.1 Å². The summed E-state index contributed by atoms with van der Waals surface area (Å²) >= 11 is 0. The lowest BCUT2D eigenvalue weighted by atomic mass is 10.1. The molecule has 0 aliphatic rings. The molecule has 0 saturated heterocycles. The van der Waals surface area contributed by atoms with Gasteiger partial charge in [-0.15, -0.1) is 24.0 Å². The van der Waals surface area contributed by atoms with Gasteiger partial charge in [-0.3, -0.25) is 4.99 Å². The van der Waals surface area contributed by atoms with E-state index in [1.165, 1.54) is 5.56 Å². The Kier molecular flexibility index (Phi) is 9.76. The number of hydrogen-bond acceptors (Lipinski definition) is 3. The second-order valence-electron chi connectivity index (χ2n) is 5.27. The second kappa shape index (κ2) is 11.6. The fourth-order valence-corrected chi connectivity index (χ4v) is 2.41. The van der Waals surface area contributed by atoms with Crippen molar-refractivity contribution in [2.75, 3.05) is 27.8 Å². The first-order chi connectivity index (χ1) is 11.8. The number of aliphatic imine (C=N–C) groups is 1. The maximum atomic E-state index is 5.37. The number of benzene rings is 2. The van der Waals surface area contributed by atoms with Crippen molar-refractivity contribution in [3.63, 3.8) is 0 Å². The van der Waals surface area contributed by atoms with E-state index in [4.69, 9.17) is 9.47 Å². The molecule has 2 aromatic carbocycles. The molecule has 2 aromatic rings. The third kappa shape index (κ3) is 6.81. The normalized spacial score (nSPS) is 10.6. The van der Waals surface area contributed by atoms with Gasteiger partial charge in [0.1, 0.15) is 11.5 Å². The lowest BCUT2D eigenvalue weighted by molar-refractivity contribution is 0.409. The van der Waals surface area contributed by atoms with E-state index in [0.717, 1.165) is 36.0 Å². The van der Waals surface area contributed by atoms with Crippen LogP contribution in [0, 0.1) is 0 Å². The van der Waals surface area contributed by atoms with Gasteiger partial charge < -0.3 is 20.1 Å². The van der Waals surface area contributed by atoms with E-state index >= 15 is 0 Å². The molecule has 25 heavy (non-hydrogen) atoms. The number of halogens is 1. The van der Waals surface area contributed by atoms with Crippen LogP contribution in [0.5, 0.6) is 11.5 Å². The Morgan fingerprint density at radius 3 is 2.52 bits per heavy atom. The maximum absolute atomic E-state index is 5.37. The Morgan fingerprint density at radius 1 is 1.00 bits per heavy atom. The van der Waals surface area contributed by atoms with Gasteiger partial charge in [0.25, 0.3) is 0 Å². The van der Waals surface area contributed by atoms with Gasteiger partial charge in [-0.1, -0.05) is 30.3 Å². The van der Waals surface area contributed by atoms with Gasteiger partial charge in [0.05, 0.1) is 14.2 Å². The molecule has 0 aromatic heterocycles. The van der Waals surface area contributed by atoms with Crippen molar-refractivity contribution in [1.82, 2.24) is 10.6 Å². The Labute approximate surface area is 166 Å². The zero-order valence-corrected chi connectivity index (χ0v) is 17.2. The zero-order valence-electron chi connectivity index (χ0n) is 14.9. The summed E-state index contributed by atoms with van der Waals surface area (Å²) in [6.07, 6.45) is 0.865. The van der Waals surface area contributed by atoms with E-state index in [-0.39, 0.29) is 24.0 Å². The van der Waals surface area contributed by atoms with Crippen molar-refractivity contribution in [1.29, 1.82) is 0 Å². The predicted molar refractivity (Wildman–Crippen MR) is 113 cm³/mol. The number of nitrogens with zero attached hydrogens (tertiary/aromatic N) is 1. The largest absolute Gasteiger partial charge is 0.497 e. The molecule has 2 N–H and O–H groups in total. The van der Waals surface area contributed by atoms with E-state index in [2.05, 4.69) is 27.8 Å². The SMILES string of the molecule is CN=C(NCCc1ccccc1OC)NCc1cccc(OC)c1.I. The van der Waals surface area contributed by atoms with Gasteiger partial charge in [0.2, 0.25) is 0 Å². The highest BCUT2D eigenvalue weighted by molar-refractivity contribution is 14.0. The standard InChI is InChI=1S/C19H25N3O2.HI/c1-20-19(22-14-15-7-6-9-17(13-15)23-2)21-12-11-16-8-4-5-10-18(16)24-3;/h4-10,13H,11-12,14H2,1-3H3,(H2,20,21,22);1H. The third-order valence-electron chi connectivity index (χ3n) is 3.70. The molecule has 0 heterocycles. The summed E-state index contributed by atoms with van der Waals surface area (Å²) in [5.74, 6) is 2.54. The zero-order chi connectivity index (χ0) is 17.2. The number of hydrogen-bond donors (Lipinski definition) is 2. The van der Waals surface area contributed by atoms with E-state index in [1.807, 2.05) is 36.4 Å². The summed E-state index contributed by atoms with van der Waals surface area (Å²) in [6, 6.07) is 16.0. The van der Waals surface area contributed by atoms with Crippen LogP contribution in [0.15, 0.2) is 53.5 Å². The molecule has 6 heteroatoms. The molecule has 0 aliphatic carbocycles. The monoisotopic (exact) mass is 455 g/mol. The molecule has 0 saturated carbocycles. The molecule has 0 spiro atoms. The second-order valence-corrected chi connectivity index (χ2v) is 5.27. The lowest BCUT2D eigenvalue weighted by Gasteiger charge is -2.13. The van der Waals surface area contributed by atoms with Crippen LogP contribution in [-0.2, 0) is 13.0 Å². The third-order valence-corrected chi connectivity index (χ3v) is 3.70. The van der Waals surface area contributed by atoms with Gasteiger partial charge in [-0.25, -0.2) is 0 Å². The van der Waals surface area contributed by atoms with Gasteiger partial charge >= 0.3 is 0 Å². The average molecular weight is 455 g/mol. The molecular weight excluding hydrogens is 429 g/mol. The first-order valence-electron chi connectivity index (χ1n) is 7.96. The molecule has 0 bridgehead atoms. The number of ether oxygens (including phenoxy) is 2. The summed E-state index contributed by atoms with van der Waals surface area (Å²) in [5, 5.41) is 6.62. The molecule has 0 fully saturated rings. The van der Waals surface area contributed by atoms with Gasteiger partial charge in [0.15, 0.2) is 5.96 Å². The van der Waals surface area contributed by atoms with Crippen molar-refractivity contribution in [2.45, 2.75) is 13.0 Å². The van der Waals surface area contributed by atoms with Crippen LogP contribution in [0.3, 0.4) is 0 Å². The average Bonchev–Trinajstić information content (AvgIpc) is 2.65. The van der Waals surface area contributed by atoms with Crippen LogP contribution in [0.4, 0.5) is 0 Å². The van der Waals surface area contributed by atoms with Crippen molar-refractivity contribution < 1.29 is 9.47 Å². The van der Waals surface area contributed by atoms with Crippen LogP contribution in [-0.4, -0.2) is 33.8 Å². The molecule has 0 unspecified atom stereocenters. The summed E-state index contributed by atoms with van der Waals surface area (Å²) in [4.78, 5) is 4.25. The summed E-state index contributed by atoms with van der Waals surface area (Å²) in [5.41, 5.74) is 2.32. The number of para-hydroxylation sites is 1. The molecule has 5 nitrogen and oxygen atoms in total. The van der Waals surface area contributed by atoms with E-state index in [0.29, 0.717) is 6.54 Å². The minimum absolute atomic E-state index is 0. The minimum Gasteiger partial charge on any atom is -0.497 e. The minimum atomic E-state index is 0. The van der Waals surface area contributed by atoms with Gasteiger partial charge in [-0.05, 0) is 35.7 Å². The molecule has 0 amide bonds. The van der Waals surface area contributed by atoms with Crippen molar-refractivity contribution >= 4 is 29.9 Å². The van der Waals surface area contributed by atoms with E-state index in [9.17, 15) is 0 Å². The number of methoxy groups -OCH3 is 2. The van der Waals surface area contributed by atoms with Gasteiger partial charge in [0, 0.05) is 20.1 Å². The van der Waals surface area contributed by atoms with Crippen LogP contribution in [0.25, 0.3) is 0 Å². The Hall–Kier alpha value is -1.96. The Morgan fingerprint density at radius 2 is 1.80 bits per heavy atom. The summed E-state index contributed by atoms with van der Waals surface area (Å²) < 4.78 is 10.6. The molecule has 2 rings (SSSR count). The summed E-state index contributed by atoms with van der Waals surface area (Å²) in [6.45, 7) is 1.46. The Bertz CT molecular complexity index is 677. The first-order valence-corrected chi connectivity index (χ1v) is 7.96. The topological polar surface area (TPSA) is 54.9 Å². The van der Waals surface area contributed by atoms with E-state index in [1.54, 1.807) is 21.3 Å². The molecular formula is C19H26IN3O2. The van der Waals surface area contributed by atoms with Crippen LogP contribution >= 0.6 is 24.0 Å². The van der Waals surface area contributed by atoms with E-state index < -0.39 is 0 Å². The summed E-state index contributed by atoms with van der Waals surface area (Å²) in [7, 11) is 5.13. The fraction of sp³-hybridized carbons (Fsp3) is 0.316. The molecule has 0 aliphatic heterocycles. The lowest BCUT2D eigenvalue weighted by Crippen LogP contribution is -2.37. The highest BCUT2D eigenvalue weighted by atomic mass is 127. The number of rotatable bonds is 7. The molecule has 0 atom stereocenters. The highest BCUT2D eigenvalue weighted by Gasteiger charge is 2.03. The number of nitrogens with one attached hydrogen (secondary N) is 2. The van der Waals surface area contributed by atoms with Crippen molar-refractivity contribution in [2.24, 2.45) is 4.99 Å². The fourth-order valence-electron chi connectivity index (χ4n) is 2.41. The number of guanidine groups is 1. The van der Waals surface area contributed by atoms with Crippen molar-refractivity contribution in [3.05, 3.63) is 59.7 Å². The Balaban J connectivity index is 0.00000312. The van der Waals surface area contributed by atoms with Crippen LogP contribution < -0.4 is 20.1 Å². The smallest absolute Gasteiger partial charge is 0.191 e. The van der Waals surface area contributed by atoms with Crippen LogP contribution in [0.2, 0.25) is 0 Å². The van der Waals surface area contributed by atoms with Crippen molar-refractivity contribution in [3.8, 4) is 11.5 Å². The maximum Gasteiger partial charge on any atom is 0.191 e.